The lowest BCUT2D eigenvalue weighted by Crippen LogP contribution is -2.08. The van der Waals surface area contributed by atoms with E-state index in [1.54, 1.807) is 12.1 Å². The van der Waals surface area contributed by atoms with Gasteiger partial charge in [-0.2, -0.15) is 0 Å². The Morgan fingerprint density at radius 3 is 2.77 bits per heavy atom. The Kier molecular flexibility index (Phi) is 3.14. The van der Waals surface area contributed by atoms with Crippen molar-refractivity contribution in [1.82, 2.24) is 0 Å². The van der Waals surface area contributed by atoms with Crippen LogP contribution in [0.4, 0.5) is 0 Å². The summed E-state index contributed by atoms with van der Waals surface area (Å²) < 4.78 is 5.34. The van der Waals surface area contributed by atoms with Crippen molar-refractivity contribution in [3.8, 4) is 11.5 Å². The molecule has 0 heterocycles. The summed E-state index contributed by atoms with van der Waals surface area (Å²) in [6.45, 7) is 4.29. The number of hydrogen-bond donors (Lipinski definition) is 2. The first kappa shape index (κ1) is 9.86. The molecule has 1 atom stereocenters. The number of ether oxygens (including phenoxy) is 1. The van der Waals surface area contributed by atoms with Gasteiger partial charge in [0.15, 0.2) is 0 Å². The molecule has 1 rings (SSSR count). The lowest BCUT2D eigenvalue weighted by molar-refractivity contribution is 0.330. The first-order valence-corrected chi connectivity index (χ1v) is 4.37. The summed E-state index contributed by atoms with van der Waals surface area (Å²) in [7, 11) is 0. The monoisotopic (exact) mass is 181 g/mol. The second-order valence-corrected chi connectivity index (χ2v) is 2.91. The van der Waals surface area contributed by atoms with Crippen molar-refractivity contribution in [3.63, 3.8) is 0 Å². The summed E-state index contributed by atoms with van der Waals surface area (Å²) in [6, 6.07) is 4.94. The summed E-state index contributed by atoms with van der Waals surface area (Å²) in [6.07, 6.45) is 0. The fraction of sp³-hybridized carbons (Fsp3) is 0.400. The van der Waals surface area contributed by atoms with Crippen molar-refractivity contribution in [2.45, 2.75) is 19.9 Å². The van der Waals surface area contributed by atoms with E-state index in [-0.39, 0.29) is 11.8 Å². The van der Waals surface area contributed by atoms with Crippen molar-refractivity contribution >= 4 is 0 Å². The Bertz CT molecular complexity index is 284. The van der Waals surface area contributed by atoms with Crippen LogP contribution in [0.3, 0.4) is 0 Å². The summed E-state index contributed by atoms with van der Waals surface area (Å²) in [5.74, 6) is 0.860. The molecular formula is C10H15NO2. The highest BCUT2D eigenvalue weighted by Gasteiger charge is 2.11. The van der Waals surface area contributed by atoms with Crippen LogP contribution in [0.15, 0.2) is 18.2 Å². The normalized spacial score (nSPS) is 12.5. The molecule has 0 spiro atoms. The number of hydrogen-bond acceptors (Lipinski definition) is 3. The van der Waals surface area contributed by atoms with Gasteiger partial charge in [0.05, 0.1) is 12.2 Å². The molecule has 13 heavy (non-hydrogen) atoms. The zero-order valence-corrected chi connectivity index (χ0v) is 7.95. The molecule has 0 aliphatic carbocycles. The van der Waals surface area contributed by atoms with Crippen LogP contribution in [0.25, 0.3) is 0 Å². The van der Waals surface area contributed by atoms with E-state index in [9.17, 15) is 5.11 Å². The van der Waals surface area contributed by atoms with Crippen LogP contribution in [-0.4, -0.2) is 11.7 Å². The van der Waals surface area contributed by atoms with E-state index < -0.39 is 0 Å². The number of benzene rings is 1. The maximum absolute atomic E-state index is 9.53. The zero-order valence-electron chi connectivity index (χ0n) is 7.95. The molecule has 3 nitrogen and oxygen atoms in total. The third-order valence-electron chi connectivity index (χ3n) is 1.80. The molecule has 0 unspecified atom stereocenters. The molecule has 0 aromatic heterocycles. The molecule has 0 saturated carbocycles. The standard InChI is InChI=1S/C10H15NO2/c1-3-13-9-6-4-5-8(12)10(9)7(2)11/h4-7,12H,3,11H2,1-2H3/t7-/m1/s1. The summed E-state index contributed by atoms with van der Waals surface area (Å²) in [5.41, 5.74) is 6.38. The highest BCUT2D eigenvalue weighted by Crippen LogP contribution is 2.31. The van der Waals surface area contributed by atoms with Crippen molar-refractivity contribution in [2.75, 3.05) is 6.61 Å². The van der Waals surface area contributed by atoms with Gasteiger partial charge < -0.3 is 15.6 Å². The molecule has 0 fully saturated rings. The van der Waals surface area contributed by atoms with E-state index in [2.05, 4.69) is 0 Å². The molecule has 3 N–H and O–H groups in total. The number of nitrogens with two attached hydrogens (primary N) is 1. The van der Waals surface area contributed by atoms with E-state index in [4.69, 9.17) is 10.5 Å². The van der Waals surface area contributed by atoms with Crippen LogP contribution in [0.5, 0.6) is 11.5 Å². The van der Waals surface area contributed by atoms with Crippen LogP contribution in [0.1, 0.15) is 25.5 Å². The lowest BCUT2D eigenvalue weighted by atomic mass is 10.1. The number of rotatable bonds is 3. The lowest BCUT2D eigenvalue weighted by Gasteiger charge is -2.14. The second kappa shape index (κ2) is 4.14. The minimum atomic E-state index is -0.220. The van der Waals surface area contributed by atoms with Crippen molar-refractivity contribution in [2.24, 2.45) is 5.73 Å². The SMILES string of the molecule is CCOc1cccc(O)c1[C@@H](C)N. The Hall–Kier alpha value is -1.22. The van der Waals surface area contributed by atoms with Crippen LogP contribution < -0.4 is 10.5 Å². The first-order valence-electron chi connectivity index (χ1n) is 4.37. The fourth-order valence-electron chi connectivity index (χ4n) is 1.27. The van der Waals surface area contributed by atoms with Crippen molar-refractivity contribution < 1.29 is 9.84 Å². The smallest absolute Gasteiger partial charge is 0.127 e. The average Bonchev–Trinajstić information content (AvgIpc) is 2.04. The molecule has 0 aliphatic heterocycles. The van der Waals surface area contributed by atoms with Crippen molar-refractivity contribution in [3.05, 3.63) is 23.8 Å². The minimum Gasteiger partial charge on any atom is -0.507 e. The molecule has 0 aliphatic rings. The summed E-state index contributed by atoms with van der Waals surface area (Å²) in [5, 5.41) is 9.53. The van der Waals surface area contributed by atoms with Gasteiger partial charge >= 0.3 is 0 Å². The van der Waals surface area contributed by atoms with Gasteiger partial charge in [0.25, 0.3) is 0 Å². The van der Waals surface area contributed by atoms with Gasteiger partial charge in [0, 0.05) is 6.04 Å². The first-order chi connectivity index (χ1) is 6.16. The van der Waals surface area contributed by atoms with E-state index in [0.717, 1.165) is 0 Å². The Morgan fingerprint density at radius 2 is 2.23 bits per heavy atom. The fourth-order valence-corrected chi connectivity index (χ4v) is 1.27. The minimum absolute atomic E-state index is 0.195. The predicted octanol–water partition coefficient (Wildman–Crippen LogP) is 1.81. The van der Waals surface area contributed by atoms with Crippen LogP contribution in [-0.2, 0) is 0 Å². The van der Waals surface area contributed by atoms with Gasteiger partial charge in [-0.05, 0) is 26.0 Å². The second-order valence-electron chi connectivity index (χ2n) is 2.91. The highest BCUT2D eigenvalue weighted by atomic mass is 16.5. The summed E-state index contributed by atoms with van der Waals surface area (Å²) >= 11 is 0. The molecule has 0 radical (unpaired) electrons. The number of aromatic hydroxyl groups is 1. The highest BCUT2D eigenvalue weighted by molar-refractivity contribution is 5.45. The van der Waals surface area contributed by atoms with Gasteiger partial charge in [-0.15, -0.1) is 0 Å². The third kappa shape index (κ3) is 2.12. The molecular weight excluding hydrogens is 166 g/mol. The Labute approximate surface area is 78.1 Å². The molecule has 72 valence electrons. The van der Waals surface area contributed by atoms with Gasteiger partial charge in [-0.25, -0.2) is 0 Å². The van der Waals surface area contributed by atoms with Crippen molar-refractivity contribution in [1.29, 1.82) is 0 Å². The van der Waals surface area contributed by atoms with Gasteiger partial charge in [-0.3, -0.25) is 0 Å². The largest absolute Gasteiger partial charge is 0.507 e. The topological polar surface area (TPSA) is 55.5 Å². The molecule has 0 bridgehead atoms. The van der Waals surface area contributed by atoms with Gasteiger partial charge in [0.2, 0.25) is 0 Å². The van der Waals surface area contributed by atoms with Gasteiger partial charge in [0.1, 0.15) is 11.5 Å². The van der Waals surface area contributed by atoms with Crippen LogP contribution in [0.2, 0.25) is 0 Å². The van der Waals surface area contributed by atoms with Gasteiger partial charge in [-0.1, -0.05) is 6.07 Å². The Morgan fingerprint density at radius 1 is 1.54 bits per heavy atom. The third-order valence-corrected chi connectivity index (χ3v) is 1.80. The quantitative estimate of drug-likeness (QED) is 0.747. The molecule has 0 amide bonds. The van der Waals surface area contributed by atoms with E-state index in [1.807, 2.05) is 19.9 Å². The molecule has 1 aromatic carbocycles. The summed E-state index contributed by atoms with van der Waals surface area (Å²) in [4.78, 5) is 0. The van der Waals surface area contributed by atoms with E-state index in [0.29, 0.717) is 17.9 Å². The van der Waals surface area contributed by atoms with E-state index in [1.165, 1.54) is 0 Å². The molecule has 0 saturated heterocycles. The zero-order chi connectivity index (χ0) is 9.84. The van der Waals surface area contributed by atoms with E-state index >= 15 is 0 Å². The Balaban J connectivity index is 3.10. The number of phenolic OH excluding ortho intramolecular Hbond substituents is 1. The van der Waals surface area contributed by atoms with Crippen LogP contribution >= 0.6 is 0 Å². The maximum atomic E-state index is 9.53. The van der Waals surface area contributed by atoms with Crippen LogP contribution in [0, 0.1) is 0 Å². The maximum Gasteiger partial charge on any atom is 0.127 e. The average molecular weight is 181 g/mol. The molecule has 3 heteroatoms. The number of phenols is 1. The molecule has 1 aromatic rings. The predicted molar refractivity (Wildman–Crippen MR) is 51.9 cm³/mol.